The van der Waals surface area contributed by atoms with Crippen LogP contribution in [0.3, 0.4) is 0 Å². The Morgan fingerprint density at radius 3 is 2.86 bits per heavy atom. The second-order valence-electron chi connectivity index (χ2n) is 6.49. The summed E-state index contributed by atoms with van der Waals surface area (Å²) in [5.41, 5.74) is 0.869. The first-order valence-electron chi connectivity index (χ1n) is 9.32. The summed E-state index contributed by atoms with van der Waals surface area (Å²) in [6.45, 7) is 5.50. The molecule has 6 nitrogen and oxygen atoms in total. The highest BCUT2D eigenvalue weighted by Crippen LogP contribution is 2.20. The zero-order valence-corrected chi connectivity index (χ0v) is 18.6. The number of alkyl halides is 3. The number of hydrogen-bond acceptors (Lipinski definition) is 4. The Morgan fingerprint density at radius 2 is 2.18 bits per heavy atom. The molecule has 1 aliphatic rings. The second-order valence-corrected chi connectivity index (χ2v) is 6.49. The number of pyridine rings is 1. The normalized spacial score (nSPS) is 17.9. The number of ether oxygens (including phenoxy) is 1. The van der Waals surface area contributed by atoms with Gasteiger partial charge in [0.2, 0.25) is 5.88 Å². The Morgan fingerprint density at radius 1 is 1.39 bits per heavy atom. The number of nitrogens with one attached hydrogen (secondary N) is 2. The van der Waals surface area contributed by atoms with Crippen LogP contribution in [0.2, 0.25) is 0 Å². The van der Waals surface area contributed by atoms with Gasteiger partial charge in [-0.2, -0.15) is 13.2 Å². The molecule has 0 saturated carbocycles. The molecule has 1 fully saturated rings. The highest BCUT2D eigenvalue weighted by atomic mass is 127. The fraction of sp³-hybridized carbons (Fsp3) is 0.667. The fourth-order valence-corrected chi connectivity index (χ4v) is 2.90. The van der Waals surface area contributed by atoms with E-state index in [2.05, 4.69) is 20.6 Å². The summed E-state index contributed by atoms with van der Waals surface area (Å²) < 4.78 is 43.2. The molecule has 0 spiro atoms. The first kappa shape index (κ1) is 24.7. The van der Waals surface area contributed by atoms with E-state index in [4.69, 9.17) is 4.74 Å². The molecule has 1 atom stereocenters. The molecule has 1 aromatic rings. The highest BCUT2D eigenvalue weighted by Gasteiger charge is 2.34. The van der Waals surface area contributed by atoms with Crippen molar-refractivity contribution in [1.82, 2.24) is 20.5 Å². The largest absolute Gasteiger partial charge is 0.477 e. The van der Waals surface area contributed by atoms with Crippen LogP contribution >= 0.6 is 24.0 Å². The van der Waals surface area contributed by atoms with Gasteiger partial charge in [-0.25, -0.2) is 9.98 Å². The van der Waals surface area contributed by atoms with Crippen molar-refractivity contribution in [1.29, 1.82) is 0 Å². The molecule has 0 amide bonds. The zero-order chi connectivity index (χ0) is 19.7. The average molecular weight is 515 g/mol. The highest BCUT2D eigenvalue weighted by molar-refractivity contribution is 14.0. The van der Waals surface area contributed by atoms with E-state index in [1.165, 1.54) is 4.90 Å². The van der Waals surface area contributed by atoms with Crippen molar-refractivity contribution in [3.63, 3.8) is 0 Å². The van der Waals surface area contributed by atoms with E-state index in [0.29, 0.717) is 51.0 Å². The van der Waals surface area contributed by atoms with Gasteiger partial charge in [-0.1, -0.05) is 13.0 Å². The Labute approximate surface area is 181 Å². The summed E-state index contributed by atoms with van der Waals surface area (Å²) >= 11 is 0. The van der Waals surface area contributed by atoms with Gasteiger partial charge in [-0.3, -0.25) is 4.90 Å². The maximum absolute atomic E-state index is 12.5. The summed E-state index contributed by atoms with van der Waals surface area (Å²) in [4.78, 5) is 10.2. The zero-order valence-electron chi connectivity index (χ0n) is 16.3. The van der Waals surface area contributed by atoms with E-state index in [1.807, 2.05) is 26.0 Å². The lowest BCUT2D eigenvalue weighted by Gasteiger charge is -2.19. The van der Waals surface area contributed by atoms with Crippen molar-refractivity contribution in [2.75, 3.05) is 32.8 Å². The lowest BCUT2D eigenvalue weighted by Crippen LogP contribution is -2.45. The minimum atomic E-state index is -4.16. The monoisotopic (exact) mass is 515 g/mol. The Balaban J connectivity index is 0.00000392. The number of halogens is 4. The molecule has 1 aromatic heterocycles. The van der Waals surface area contributed by atoms with Crippen molar-refractivity contribution in [2.45, 2.75) is 45.5 Å². The van der Waals surface area contributed by atoms with Gasteiger partial charge in [-0.15, -0.1) is 24.0 Å². The van der Waals surface area contributed by atoms with E-state index in [-0.39, 0.29) is 30.0 Å². The topological polar surface area (TPSA) is 61.8 Å². The third-order valence-electron chi connectivity index (χ3n) is 4.06. The fourth-order valence-electron chi connectivity index (χ4n) is 2.90. The van der Waals surface area contributed by atoms with E-state index in [0.717, 1.165) is 12.0 Å². The van der Waals surface area contributed by atoms with Crippen molar-refractivity contribution < 1.29 is 17.9 Å². The molecule has 1 unspecified atom stereocenters. The molecule has 0 aliphatic carbocycles. The molecule has 0 radical (unpaired) electrons. The first-order valence-corrected chi connectivity index (χ1v) is 9.32. The number of aliphatic imine (C=N–C) groups is 1. The summed E-state index contributed by atoms with van der Waals surface area (Å²) in [6.07, 6.45) is -0.948. The number of aromatic nitrogens is 1. The van der Waals surface area contributed by atoms with Crippen molar-refractivity contribution in [2.24, 2.45) is 4.99 Å². The molecule has 0 bridgehead atoms. The van der Waals surface area contributed by atoms with Crippen LogP contribution in [0.4, 0.5) is 13.2 Å². The van der Waals surface area contributed by atoms with Crippen LogP contribution < -0.4 is 15.4 Å². The van der Waals surface area contributed by atoms with Crippen LogP contribution in [0.1, 0.15) is 32.3 Å². The van der Waals surface area contributed by atoms with E-state index < -0.39 is 12.7 Å². The van der Waals surface area contributed by atoms with Crippen molar-refractivity contribution in [3.05, 3.63) is 23.9 Å². The van der Waals surface area contributed by atoms with Crippen molar-refractivity contribution >= 4 is 29.9 Å². The molecule has 0 aromatic carbocycles. The molecule has 28 heavy (non-hydrogen) atoms. The molecular formula is C18H29F3IN5O. The molecule has 160 valence electrons. The summed E-state index contributed by atoms with van der Waals surface area (Å²) in [7, 11) is 0. The quantitative estimate of drug-likeness (QED) is 0.317. The van der Waals surface area contributed by atoms with Gasteiger partial charge >= 0.3 is 6.18 Å². The minimum Gasteiger partial charge on any atom is -0.477 e. The van der Waals surface area contributed by atoms with Crippen LogP contribution in [-0.2, 0) is 6.54 Å². The van der Waals surface area contributed by atoms with Gasteiger partial charge in [0.05, 0.1) is 19.7 Å². The SMILES string of the molecule is CCCOc1ncccc1CN=C(NCC)NC1CCN(CC(F)(F)F)C1.I. The second kappa shape index (κ2) is 12.3. The first-order chi connectivity index (χ1) is 12.9. The molecule has 1 saturated heterocycles. The number of hydrogen-bond donors (Lipinski definition) is 2. The van der Waals surface area contributed by atoms with E-state index in [1.54, 1.807) is 6.20 Å². The lowest BCUT2D eigenvalue weighted by molar-refractivity contribution is -0.143. The third-order valence-corrected chi connectivity index (χ3v) is 4.06. The maximum Gasteiger partial charge on any atom is 0.401 e. The van der Waals surface area contributed by atoms with E-state index >= 15 is 0 Å². The van der Waals surface area contributed by atoms with Gasteiger partial charge < -0.3 is 15.4 Å². The van der Waals surface area contributed by atoms with Crippen LogP contribution in [0.15, 0.2) is 23.3 Å². The van der Waals surface area contributed by atoms with Crippen LogP contribution in [0.25, 0.3) is 0 Å². The number of rotatable bonds is 8. The average Bonchev–Trinajstić information content (AvgIpc) is 3.03. The number of guanidine groups is 1. The van der Waals surface area contributed by atoms with Gasteiger partial charge in [0.25, 0.3) is 0 Å². The third kappa shape index (κ3) is 8.80. The predicted molar refractivity (Wildman–Crippen MR) is 114 cm³/mol. The van der Waals surface area contributed by atoms with Gasteiger partial charge in [0.15, 0.2) is 5.96 Å². The molecular weight excluding hydrogens is 486 g/mol. The number of likely N-dealkylation sites (tertiary alicyclic amines) is 1. The molecule has 1 aliphatic heterocycles. The van der Waals surface area contributed by atoms with Crippen LogP contribution in [-0.4, -0.2) is 60.8 Å². The lowest BCUT2D eigenvalue weighted by atomic mass is 10.2. The summed E-state index contributed by atoms with van der Waals surface area (Å²) in [5, 5.41) is 6.38. The van der Waals surface area contributed by atoms with E-state index in [9.17, 15) is 13.2 Å². The summed E-state index contributed by atoms with van der Waals surface area (Å²) in [5.74, 6) is 1.15. The standard InChI is InChI=1S/C18H28F3N5O.HI/c1-3-10-27-16-14(6-5-8-23-16)11-24-17(22-4-2)25-15-7-9-26(12-15)13-18(19,20)21;/h5-6,8,15H,3-4,7,9-13H2,1-2H3,(H2,22,24,25);1H. The number of nitrogens with zero attached hydrogens (tertiary/aromatic N) is 3. The van der Waals surface area contributed by atoms with Gasteiger partial charge in [-0.05, 0) is 25.8 Å². The smallest absolute Gasteiger partial charge is 0.401 e. The molecule has 2 heterocycles. The Bertz CT molecular complexity index is 615. The van der Waals surface area contributed by atoms with Gasteiger partial charge in [0.1, 0.15) is 0 Å². The molecule has 10 heteroatoms. The summed E-state index contributed by atoms with van der Waals surface area (Å²) in [6, 6.07) is 3.68. The predicted octanol–water partition coefficient (Wildman–Crippen LogP) is 3.18. The van der Waals surface area contributed by atoms with Gasteiger partial charge in [0, 0.05) is 37.4 Å². The minimum absolute atomic E-state index is 0. The molecule has 2 N–H and O–H groups in total. The Kier molecular flexibility index (Phi) is 10.9. The van der Waals surface area contributed by atoms with Crippen LogP contribution in [0.5, 0.6) is 5.88 Å². The Hall–Kier alpha value is -1.30. The maximum atomic E-state index is 12.5. The van der Waals surface area contributed by atoms with Crippen molar-refractivity contribution in [3.8, 4) is 5.88 Å². The van der Waals surface area contributed by atoms with Crippen LogP contribution in [0, 0.1) is 0 Å². The molecule has 2 rings (SSSR count).